The summed E-state index contributed by atoms with van der Waals surface area (Å²) >= 11 is 0. The van der Waals surface area contributed by atoms with Crippen LogP contribution in [0, 0.1) is 5.92 Å². The summed E-state index contributed by atoms with van der Waals surface area (Å²) in [5.41, 5.74) is 0.967. The molecule has 0 aliphatic carbocycles. The van der Waals surface area contributed by atoms with Gasteiger partial charge >= 0.3 is 6.18 Å². The van der Waals surface area contributed by atoms with Crippen molar-refractivity contribution in [3.05, 3.63) is 42.4 Å². The molecule has 8 nitrogen and oxygen atoms in total. The number of halogens is 3. The Bertz CT molecular complexity index is 968. The number of nitrogens with one attached hydrogen (secondary N) is 3. The number of aromatic nitrogens is 3. The Morgan fingerprint density at radius 3 is 2.65 bits per heavy atom. The van der Waals surface area contributed by atoms with E-state index in [-0.39, 0.29) is 19.1 Å². The molecule has 0 bridgehead atoms. The summed E-state index contributed by atoms with van der Waals surface area (Å²) in [4.78, 5) is 37.8. The number of nitrogens with zero attached hydrogens (tertiary/aromatic N) is 3. The fraction of sp³-hybridized carbons (Fsp3) is 0.400. The monoisotopic (exact) mass is 438 g/mol. The molecule has 11 heteroatoms. The number of aromatic amines is 1. The van der Waals surface area contributed by atoms with Gasteiger partial charge in [0.1, 0.15) is 24.1 Å². The van der Waals surface area contributed by atoms with E-state index < -0.39 is 24.7 Å². The predicted octanol–water partition coefficient (Wildman–Crippen LogP) is 2.84. The number of carbonyl (C=O) groups excluding carboxylic acids is 2. The minimum absolute atomic E-state index is 0. The molecule has 2 amide bonds. The molecule has 3 heterocycles. The molecule has 2 aromatic rings. The fourth-order valence-corrected chi connectivity index (χ4v) is 3.03. The molecule has 3 N–H and O–H groups in total. The van der Waals surface area contributed by atoms with E-state index in [9.17, 15) is 22.8 Å². The molecule has 0 radical (unpaired) electrons. The van der Waals surface area contributed by atoms with Crippen molar-refractivity contribution >= 4 is 17.6 Å². The van der Waals surface area contributed by atoms with Gasteiger partial charge in [0.05, 0.1) is 0 Å². The highest BCUT2D eigenvalue weighted by Crippen LogP contribution is 2.20. The highest BCUT2D eigenvalue weighted by atomic mass is 19.4. The number of alkyl halides is 3. The molecule has 1 aliphatic heterocycles. The maximum Gasteiger partial charge on any atom is 0.405 e. The third-order valence-electron chi connectivity index (χ3n) is 4.65. The van der Waals surface area contributed by atoms with E-state index in [2.05, 4.69) is 20.3 Å². The lowest BCUT2D eigenvalue weighted by molar-refractivity contribution is -0.139. The third-order valence-corrected chi connectivity index (χ3v) is 4.65. The Balaban J connectivity index is 0.00000363. The van der Waals surface area contributed by atoms with Crippen LogP contribution >= 0.6 is 0 Å². The Morgan fingerprint density at radius 2 is 2.00 bits per heavy atom. The van der Waals surface area contributed by atoms with Gasteiger partial charge in [0.2, 0.25) is 5.91 Å². The van der Waals surface area contributed by atoms with Crippen LogP contribution in [0.25, 0.3) is 11.4 Å². The molecule has 0 spiro atoms. The van der Waals surface area contributed by atoms with Crippen molar-refractivity contribution in [1.82, 2.24) is 25.2 Å². The van der Waals surface area contributed by atoms with Crippen LogP contribution in [0.4, 0.5) is 19.0 Å². The van der Waals surface area contributed by atoms with Crippen LogP contribution < -0.4 is 10.6 Å². The van der Waals surface area contributed by atoms with Crippen molar-refractivity contribution in [2.75, 3.05) is 25.0 Å². The zero-order valence-electron chi connectivity index (χ0n) is 17.0. The molecular weight excluding hydrogens is 413 g/mol. The number of rotatable bonds is 7. The van der Waals surface area contributed by atoms with Gasteiger partial charge in [-0.3, -0.25) is 9.59 Å². The first kappa shape index (κ1) is 22.3. The van der Waals surface area contributed by atoms with Crippen LogP contribution in [0.5, 0.6) is 0 Å². The SMILES string of the molecule is CC(C)[C@@H](Nc1ccnc(-c2c[nH]c(C(=O)N3CC=CC3)c2)n1)C(=O)NCC(F)(F)F.[HH]. The summed E-state index contributed by atoms with van der Waals surface area (Å²) in [6.07, 6.45) is 2.40. The molecule has 0 fully saturated rings. The van der Waals surface area contributed by atoms with Crippen molar-refractivity contribution in [1.29, 1.82) is 0 Å². The molecule has 168 valence electrons. The fourth-order valence-electron chi connectivity index (χ4n) is 3.03. The first-order valence-electron chi connectivity index (χ1n) is 9.71. The second-order valence-corrected chi connectivity index (χ2v) is 7.45. The van der Waals surface area contributed by atoms with Crippen LogP contribution in [0.1, 0.15) is 25.8 Å². The molecule has 0 saturated heterocycles. The topological polar surface area (TPSA) is 103 Å². The van der Waals surface area contributed by atoms with E-state index in [4.69, 9.17) is 0 Å². The number of hydrogen-bond acceptors (Lipinski definition) is 5. The highest BCUT2D eigenvalue weighted by molar-refractivity contribution is 5.94. The highest BCUT2D eigenvalue weighted by Gasteiger charge is 2.30. The van der Waals surface area contributed by atoms with Gasteiger partial charge in [-0.25, -0.2) is 9.97 Å². The average molecular weight is 438 g/mol. The molecule has 1 aliphatic rings. The Hall–Kier alpha value is -3.37. The summed E-state index contributed by atoms with van der Waals surface area (Å²) < 4.78 is 37.2. The first-order valence-corrected chi connectivity index (χ1v) is 9.71. The summed E-state index contributed by atoms with van der Waals surface area (Å²) in [6, 6.07) is 2.23. The van der Waals surface area contributed by atoms with Crippen LogP contribution in [0.3, 0.4) is 0 Å². The van der Waals surface area contributed by atoms with Gasteiger partial charge in [0, 0.05) is 32.5 Å². The maximum atomic E-state index is 12.5. The van der Waals surface area contributed by atoms with E-state index in [1.54, 1.807) is 31.0 Å². The third kappa shape index (κ3) is 5.83. The lowest BCUT2D eigenvalue weighted by Gasteiger charge is -2.22. The molecule has 0 aromatic carbocycles. The second-order valence-electron chi connectivity index (χ2n) is 7.45. The molecule has 31 heavy (non-hydrogen) atoms. The number of amides is 2. The lowest BCUT2D eigenvalue weighted by Crippen LogP contribution is -2.46. The Kier molecular flexibility index (Phi) is 6.62. The van der Waals surface area contributed by atoms with E-state index in [0.29, 0.717) is 30.2 Å². The van der Waals surface area contributed by atoms with Crippen LogP contribution in [0.2, 0.25) is 0 Å². The average Bonchev–Trinajstić information content (AvgIpc) is 3.41. The molecular formula is C20H25F3N6O2. The van der Waals surface area contributed by atoms with Gasteiger partial charge in [-0.15, -0.1) is 0 Å². The summed E-state index contributed by atoms with van der Waals surface area (Å²) in [5.74, 6) is -0.632. The molecule has 0 saturated carbocycles. The van der Waals surface area contributed by atoms with Gasteiger partial charge in [0.15, 0.2) is 5.82 Å². The van der Waals surface area contributed by atoms with Crippen LogP contribution in [0.15, 0.2) is 36.7 Å². The van der Waals surface area contributed by atoms with Gasteiger partial charge < -0.3 is 20.5 Å². The molecule has 1 atom stereocenters. The number of carbonyl (C=O) groups is 2. The normalized spacial score (nSPS) is 14.7. The van der Waals surface area contributed by atoms with Crippen molar-refractivity contribution in [2.24, 2.45) is 5.92 Å². The van der Waals surface area contributed by atoms with E-state index in [1.807, 2.05) is 17.5 Å². The van der Waals surface area contributed by atoms with E-state index in [0.717, 1.165) is 0 Å². The summed E-state index contributed by atoms with van der Waals surface area (Å²) in [6.45, 7) is 3.12. The zero-order valence-corrected chi connectivity index (χ0v) is 17.0. The van der Waals surface area contributed by atoms with Crippen molar-refractivity contribution < 1.29 is 24.2 Å². The summed E-state index contributed by atoms with van der Waals surface area (Å²) in [7, 11) is 0. The molecule has 2 aromatic heterocycles. The number of H-pyrrole nitrogens is 1. The Labute approximate surface area is 178 Å². The van der Waals surface area contributed by atoms with Gasteiger partial charge in [-0.05, 0) is 18.1 Å². The van der Waals surface area contributed by atoms with Crippen molar-refractivity contribution in [3.63, 3.8) is 0 Å². The first-order chi connectivity index (χ1) is 14.6. The lowest BCUT2D eigenvalue weighted by atomic mass is 10.0. The van der Waals surface area contributed by atoms with Crippen LogP contribution in [-0.2, 0) is 4.79 Å². The maximum absolute atomic E-state index is 12.5. The molecule has 3 rings (SSSR count). The van der Waals surface area contributed by atoms with Gasteiger partial charge in [-0.1, -0.05) is 26.0 Å². The standard InChI is InChI=1S/C20H23F3N6O2.H2/c1-12(2)16(18(30)26-11-20(21,22)23)27-15-5-6-24-17(28-15)13-9-14(25-10-13)19(31)29-7-3-4-8-29;/h3-6,9-10,12,16,25H,7-8,11H2,1-2H3,(H,26,30)(H,24,27,28);1H/t16-;/m1./s1. The predicted molar refractivity (Wildman–Crippen MR) is 110 cm³/mol. The second kappa shape index (κ2) is 9.19. The minimum Gasteiger partial charge on any atom is -0.358 e. The summed E-state index contributed by atoms with van der Waals surface area (Å²) in [5, 5.41) is 4.77. The minimum atomic E-state index is -4.49. The number of anilines is 1. The van der Waals surface area contributed by atoms with E-state index in [1.165, 1.54) is 12.3 Å². The number of hydrogen-bond donors (Lipinski definition) is 3. The largest absolute Gasteiger partial charge is 0.405 e. The smallest absolute Gasteiger partial charge is 0.358 e. The van der Waals surface area contributed by atoms with Crippen LogP contribution in [-0.4, -0.2) is 63.5 Å². The zero-order chi connectivity index (χ0) is 22.6. The molecule has 0 unspecified atom stereocenters. The Morgan fingerprint density at radius 1 is 1.29 bits per heavy atom. The van der Waals surface area contributed by atoms with Gasteiger partial charge in [-0.2, -0.15) is 13.2 Å². The van der Waals surface area contributed by atoms with E-state index >= 15 is 0 Å². The van der Waals surface area contributed by atoms with Crippen molar-refractivity contribution in [2.45, 2.75) is 26.1 Å². The van der Waals surface area contributed by atoms with Gasteiger partial charge in [0.25, 0.3) is 5.91 Å². The quantitative estimate of drug-likeness (QED) is 0.577. The van der Waals surface area contributed by atoms with Crippen molar-refractivity contribution in [3.8, 4) is 11.4 Å².